The molecule has 0 radical (unpaired) electrons. The number of nitrogens with one attached hydrogen (secondary N) is 1. The topological polar surface area (TPSA) is 72.2 Å². The Hall–Kier alpha value is -1.58. The number of nitrogen functional groups attached to an aromatic ring is 1. The van der Waals surface area contributed by atoms with Crippen molar-refractivity contribution >= 4 is 15.7 Å². The Kier molecular flexibility index (Phi) is 4.92. The van der Waals surface area contributed by atoms with Crippen LogP contribution in [-0.4, -0.2) is 14.5 Å². The van der Waals surface area contributed by atoms with E-state index >= 15 is 0 Å². The fourth-order valence-corrected chi connectivity index (χ4v) is 3.05. The predicted octanol–water partition coefficient (Wildman–Crippen LogP) is 1.80. The monoisotopic (exact) mass is 284 g/mol. The number of anilines is 1. The van der Waals surface area contributed by atoms with Crippen molar-refractivity contribution in [1.82, 2.24) is 4.72 Å². The van der Waals surface area contributed by atoms with Crippen molar-refractivity contribution in [3.05, 3.63) is 23.5 Å². The first-order valence-electron chi connectivity index (χ1n) is 5.86. The number of hydrogen-bond acceptors (Lipinski definition) is 3. The quantitative estimate of drug-likeness (QED) is 0.639. The lowest BCUT2D eigenvalue weighted by molar-refractivity contribution is 0.543. The average Bonchev–Trinajstić information content (AvgIpc) is 2.32. The molecule has 0 aromatic heterocycles. The van der Waals surface area contributed by atoms with Crippen molar-refractivity contribution < 1.29 is 12.8 Å². The van der Waals surface area contributed by atoms with Gasteiger partial charge in [0.05, 0.1) is 6.04 Å². The maximum Gasteiger partial charge on any atom is 0.244 e. The van der Waals surface area contributed by atoms with E-state index in [1.54, 1.807) is 0 Å². The largest absolute Gasteiger partial charge is 0.399 e. The lowest BCUT2D eigenvalue weighted by Crippen LogP contribution is -2.34. The van der Waals surface area contributed by atoms with Gasteiger partial charge in [0, 0.05) is 5.69 Å². The summed E-state index contributed by atoms with van der Waals surface area (Å²) in [5, 5.41) is 0. The van der Waals surface area contributed by atoms with Crippen molar-refractivity contribution in [2.24, 2.45) is 0 Å². The SMILES string of the molecule is C#CC(CCC)NS(=O)(=O)c1cc(N)cc(C)c1F. The molecule has 1 aromatic rings. The molecule has 0 fully saturated rings. The van der Waals surface area contributed by atoms with Crippen LogP contribution in [0.3, 0.4) is 0 Å². The van der Waals surface area contributed by atoms with Gasteiger partial charge in [-0.05, 0) is 31.0 Å². The third-order valence-corrected chi connectivity index (χ3v) is 4.08. The zero-order valence-corrected chi connectivity index (χ0v) is 11.7. The van der Waals surface area contributed by atoms with Crippen LogP contribution in [-0.2, 0) is 10.0 Å². The van der Waals surface area contributed by atoms with Crippen LogP contribution in [0.5, 0.6) is 0 Å². The molecule has 0 heterocycles. The van der Waals surface area contributed by atoms with Crippen molar-refractivity contribution in [3.63, 3.8) is 0 Å². The first kappa shape index (κ1) is 15.5. The molecule has 1 atom stereocenters. The number of terminal acetylenes is 1. The lowest BCUT2D eigenvalue weighted by Gasteiger charge is -2.14. The second-order valence-electron chi connectivity index (χ2n) is 4.28. The molecule has 0 spiro atoms. The molecule has 0 saturated heterocycles. The summed E-state index contributed by atoms with van der Waals surface area (Å²) in [6, 6.07) is 1.81. The van der Waals surface area contributed by atoms with Gasteiger partial charge in [-0.15, -0.1) is 6.42 Å². The Labute approximate surface area is 113 Å². The Morgan fingerprint density at radius 1 is 1.53 bits per heavy atom. The number of aryl methyl sites for hydroxylation is 1. The number of nitrogens with two attached hydrogens (primary N) is 1. The van der Waals surface area contributed by atoms with E-state index in [9.17, 15) is 12.8 Å². The van der Waals surface area contributed by atoms with Gasteiger partial charge >= 0.3 is 0 Å². The van der Waals surface area contributed by atoms with Gasteiger partial charge in [-0.3, -0.25) is 0 Å². The molecular formula is C13H17FN2O2S. The van der Waals surface area contributed by atoms with Crippen molar-refractivity contribution in [2.45, 2.75) is 37.6 Å². The molecule has 19 heavy (non-hydrogen) atoms. The number of rotatable bonds is 5. The molecule has 4 nitrogen and oxygen atoms in total. The van der Waals surface area contributed by atoms with E-state index in [2.05, 4.69) is 10.6 Å². The molecule has 104 valence electrons. The summed E-state index contributed by atoms with van der Waals surface area (Å²) in [5.74, 6) is 1.52. The molecule has 3 N–H and O–H groups in total. The highest BCUT2D eigenvalue weighted by molar-refractivity contribution is 7.89. The van der Waals surface area contributed by atoms with E-state index in [1.807, 2.05) is 6.92 Å². The Bertz CT molecular complexity index is 606. The van der Waals surface area contributed by atoms with E-state index < -0.39 is 26.8 Å². The van der Waals surface area contributed by atoms with E-state index in [1.165, 1.54) is 13.0 Å². The molecule has 0 aliphatic heterocycles. The van der Waals surface area contributed by atoms with Crippen molar-refractivity contribution in [1.29, 1.82) is 0 Å². The molecule has 0 bridgehead atoms. The number of sulfonamides is 1. The van der Waals surface area contributed by atoms with Crippen LogP contribution in [0, 0.1) is 25.1 Å². The third kappa shape index (κ3) is 3.69. The third-order valence-electron chi connectivity index (χ3n) is 2.61. The minimum Gasteiger partial charge on any atom is -0.399 e. The first-order valence-corrected chi connectivity index (χ1v) is 7.34. The van der Waals surface area contributed by atoms with Gasteiger partial charge in [-0.25, -0.2) is 12.8 Å². The minimum atomic E-state index is -4.02. The van der Waals surface area contributed by atoms with Crippen LogP contribution < -0.4 is 10.5 Å². The summed E-state index contributed by atoms with van der Waals surface area (Å²) >= 11 is 0. The molecule has 0 aliphatic carbocycles. The first-order chi connectivity index (χ1) is 8.81. The van der Waals surface area contributed by atoms with Crippen LogP contribution in [0.4, 0.5) is 10.1 Å². The number of hydrogen-bond donors (Lipinski definition) is 2. The predicted molar refractivity (Wildman–Crippen MR) is 73.4 cm³/mol. The molecule has 0 amide bonds. The average molecular weight is 284 g/mol. The molecule has 1 unspecified atom stereocenters. The van der Waals surface area contributed by atoms with E-state index in [4.69, 9.17) is 12.2 Å². The lowest BCUT2D eigenvalue weighted by atomic mass is 10.2. The standard InChI is InChI=1S/C13H17FN2O2S/c1-4-6-11(5-2)16-19(17,18)12-8-10(15)7-9(3)13(12)14/h2,7-8,11,16H,4,6,15H2,1,3H3. The normalized spacial score (nSPS) is 12.9. The smallest absolute Gasteiger partial charge is 0.244 e. The maximum atomic E-state index is 13.9. The number of benzene rings is 1. The fourth-order valence-electron chi connectivity index (χ4n) is 1.68. The van der Waals surface area contributed by atoms with Gasteiger partial charge in [0.15, 0.2) is 0 Å². The zero-order valence-electron chi connectivity index (χ0n) is 10.9. The summed E-state index contributed by atoms with van der Waals surface area (Å²) in [6.45, 7) is 3.33. The summed E-state index contributed by atoms with van der Waals surface area (Å²) < 4.78 is 40.4. The van der Waals surface area contributed by atoms with E-state index in [0.717, 1.165) is 12.5 Å². The van der Waals surface area contributed by atoms with Gasteiger partial charge < -0.3 is 5.73 Å². The second-order valence-corrected chi connectivity index (χ2v) is 5.96. The van der Waals surface area contributed by atoms with E-state index in [0.29, 0.717) is 6.42 Å². The van der Waals surface area contributed by atoms with Crippen LogP contribution >= 0.6 is 0 Å². The van der Waals surface area contributed by atoms with Gasteiger partial charge in [-0.2, -0.15) is 4.72 Å². The fraction of sp³-hybridized carbons (Fsp3) is 0.385. The second kappa shape index (κ2) is 6.04. The van der Waals surface area contributed by atoms with E-state index in [-0.39, 0.29) is 11.3 Å². The van der Waals surface area contributed by atoms with Crippen LogP contribution in [0.1, 0.15) is 25.3 Å². The molecule has 0 aliphatic rings. The highest BCUT2D eigenvalue weighted by Gasteiger charge is 2.23. The van der Waals surface area contributed by atoms with Gasteiger partial charge in [0.2, 0.25) is 10.0 Å². The van der Waals surface area contributed by atoms with Crippen LogP contribution in [0.15, 0.2) is 17.0 Å². The highest BCUT2D eigenvalue weighted by Crippen LogP contribution is 2.21. The molecular weight excluding hydrogens is 267 g/mol. The van der Waals surface area contributed by atoms with Gasteiger partial charge in [-0.1, -0.05) is 19.3 Å². The van der Waals surface area contributed by atoms with Crippen LogP contribution in [0.2, 0.25) is 0 Å². The molecule has 6 heteroatoms. The molecule has 1 rings (SSSR count). The maximum absolute atomic E-state index is 13.9. The van der Waals surface area contributed by atoms with Crippen LogP contribution in [0.25, 0.3) is 0 Å². The Morgan fingerprint density at radius 3 is 2.68 bits per heavy atom. The molecule has 1 aromatic carbocycles. The Morgan fingerprint density at radius 2 is 2.16 bits per heavy atom. The summed E-state index contributed by atoms with van der Waals surface area (Å²) in [5.41, 5.74) is 5.91. The summed E-state index contributed by atoms with van der Waals surface area (Å²) in [7, 11) is -4.02. The Balaban J connectivity index is 3.18. The van der Waals surface area contributed by atoms with Crippen molar-refractivity contribution in [2.75, 3.05) is 5.73 Å². The number of halogens is 1. The highest BCUT2D eigenvalue weighted by atomic mass is 32.2. The summed E-state index contributed by atoms with van der Waals surface area (Å²) in [4.78, 5) is -0.471. The minimum absolute atomic E-state index is 0.174. The van der Waals surface area contributed by atoms with Crippen molar-refractivity contribution in [3.8, 4) is 12.3 Å². The van der Waals surface area contributed by atoms with Gasteiger partial charge in [0.25, 0.3) is 0 Å². The molecule has 0 saturated carbocycles. The zero-order chi connectivity index (χ0) is 14.6. The summed E-state index contributed by atoms with van der Waals surface area (Å²) in [6.07, 6.45) is 6.45. The van der Waals surface area contributed by atoms with Gasteiger partial charge in [0.1, 0.15) is 10.7 Å².